The van der Waals surface area contributed by atoms with Crippen molar-refractivity contribution in [2.45, 2.75) is 30.6 Å². The summed E-state index contributed by atoms with van der Waals surface area (Å²) < 4.78 is 32.0. The monoisotopic (exact) mass is 478 g/mol. The molecule has 0 amide bonds. The molecule has 4 rings (SSSR count). The van der Waals surface area contributed by atoms with E-state index in [1.54, 1.807) is 24.3 Å². The zero-order chi connectivity index (χ0) is 24.3. The summed E-state index contributed by atoms with van der Waals surface area (Å²) in [4.78, 5) is 19.5. The number of aromatic nitrogens is 2. The van der Waals surface area contributed by atoms with Crippen molar-refractivity contribution in [3.8, 4) is 5.75 Å². The van der Waals surface area contributed by atoms with Crippen LogP contribution in [-0.2, 0) is 15.6 Å². The molecule has 1 N–H and O–H groups in total. The van der Waals surface area contributed by atoms with Crippen molar-refractivity contribution in [2.75, 3.05) is 5.32 Å². The summed E-state index contributed by atoms with van der Waals surface area (Å²) in [5, 5.41) is 14.3. The molecule has 0 aliphatic carbocycles. The van der Waals surface area contributed by atoms with Crippen LogP contribution in [0.3, 0.4) is 0 Å². The Labute approximate surface area is 196 Å². The Hall–Kier alpha value is -4.05. The minimum atomic E-state index is -3.95. The number of para-hydroxylation sites is 2. The van der Waals surface area contributed by atoms with Crippen LogP contribution in [0.1, 0.15) is 19.5 Å². The molecular weight excluding hydrogens is 456 g/mol. The Kier molecular flexibility index (Phi) is 6.42. The SMILES string of the molecule is CC(C)Oc1cccc(Nc2nc3ccccc3nc2CS(=O)(=O)c2cccc([N+](=O)[O-])c2)c1. The molecule has 0 saturated carbocycles. The van der Waals surface area contributed by atoms with E-state index in [0.717, 1.165) is 6.07 Å². The number of rotatable bonds is 8. The number of anilines is 2. The van der Waals surface area contributed by atoms with E-state index < -0.39 is 20.5 Å². The quantitative estimate of drug-likeness (QED) is 0.276. The van der Waals surface area contributed by atoms with Gasteiger partial charge in [-0.25, -0.2) is 18.4 Å². The van der Waals surface area contributed by atoms with E-state index in [0.29, 0.717) is 22.5 Å². The average Bonchev–Trinajstić information content (AvgIpc) is 2.79. The van der Waals surface area contributed by atoms with Crippen LogP contribution in [0.2, 0.25) is 0 Å². The van der Waals surface area contributed by atoms with E-state index in [2.05, 4.69) is 15.3 Å². The summed E-state index contributed by atoms with van der Waals surface area (Å²) in [5.41, 5.74) is 1.67. The number of benzene rings is 3. The van der Waals surface area contributed by atoms with Crippen molar-refractivity contribution < 1.29 is 18.1 Å². The molecule has 0 radical (unpaired) electrons. The Morgan fingerprint density at radius 1 is 0.971 bits per heavy atom. The standard InChI is InChI=1S/C24H22N4O5S/c1-16(2)33-19-9-5-7-17(13-19)25-24-23(26-21-11-3-4-12-22(21)27-24)15-34(31,32)20-10-6-8-18(14-20)28(29)30/h3-14,16H,15H2,1-2H3,(H,25,27). The van der Waals surface area contributed by atoms with E-state index in [1.807, 2.05) is 38.1 Å². The summed E-state index contributed by atoms with van der Waals surface area (Å²) in [6, 6.07) is 19.3. The third kappa shape index (κ3) is 5.29. The lowest BCUT2D eigenvalue weighted by atomic mass is 10.2. The van der Waals surface area contributed by atoms with Gasteiger partial charge in [-0.05, 0) is 44.2 Å². The Bertz CT molecular complexity index is 1470. The molecule has 4 aromatic rings. The third-order valence-electron chi connectivity index (χ3n) is 4.83. The lowest BCUT2D eigenvalue weighted by Crippen LogP contribution is -2.11. The van der Waals surface area contributed by atoms with Crippen LogP contribution in [0, 0.1) is 10.1 Å². The maximum Gasteiger partial charge on any atom is 0.270 e. The van der Waals surface area contributed by atoms with Crippen molar-refractivity contribution in [1.29, 1.82) is 0 Å². The van der Waals surface area contributed by atoms with Crippen LogP contribution in [0.25, 0.3) is 11.0 Å². The van der Waals surface area contributed by atoms with Gasteiger partial charge in [0.25, 0.3) is 5.69 Å². The molecule has 1 aromatic heterocycles. The normalized spacial score (nSPS) is 11.5. The molecule has 0 atom stereocenters. The molecule has 1 heterocycles. The molecule has 0 spiro atoms. The van der Waals surface area contributed by atoms with Gasteiger partial charge in [-0.2, -0.15) is 0 Å². The molecule has 0 unspecified atom stereocenters. The van der Waals surface area contributed by atoms with Gasteiger partial charge in [-0.3, -0.25) is 10.1 Å². The van der Waals surface area contributed by atoms with Gasteiger partial charge in [0.1, 0.15) is 11.5 Å². The van der Waals surface area contributed by atoms with Crippen molar-refractivity contribution >= 4 is 38.1 Å². The minimum absolute atomic E-state index is 0.00802. The van der Waals surface area contributed by atoms with E-state index in [9.17, 15) is 18.5 Å². The number of nitrogens with one attached hydrogen (secondary N) is 1. The highest BCUT2D eigenvalue weighted by atomic mass is 32.2. The lowest BCUT2D eigenvalue weighted by Gasteiger charge is -2.14. The minimum Gasteiger partial charge on any atom is -0.491 e. The topological polar surface area (TPSA) is 124 Å². The fourth-order valence-electron chi connectivity index (χ4n) is 3.35. The molecule has 174 valence electrons. The van der Waals surface area contributed by atoms with Crippen molar-refractivity contribution in [1.82, 2.24) is 9.97 Å². The van der Waals surface area contributed by atoms with Gasteiger partial charge in [0.15, 0.2) is 15.7 Å². The number of nitro benzene ring substituents is 1. The summed E-state index contributed by atoms with van der Waals surface area (Å²) in [7, 11) is -3.95. The van der Waals surface area contributed by atoms with Crippen LogP contribution in [0.4, 0.5) is 17.2 Å². The molecule has 9 nitrogen and oxygen atoms in total. The first-order valence-electron chi connectivity index (χ1n) is 10.5. The second-order valence-corrected chi connectivity index (χ2v) is 9.83. The molecule has 0 bridgehead atoms. The predicted octanol–water partition coefficient (Wildman–Crippen LogP) is 5.04. The highest BCUT2D eigenvalue weighted by Crippen LogP contribution is 2.28. The molecule has 34 heavy (non-hydrogen) atoms. The summed E-state index contributed by atoms with van der Waals surface area (Å²) in [5.74, 6) is 0.435. The Morgan fingerprint density at radius 2 is 1.68 bits per heavy atom. The first-order chi connectivity index (χ1) is 16.2. The van der Waals surface area contributed by atoms with E-state index in [4.69, 9.17) is 4.74 Å². The van der Waals surface area contributed by atoms with Gasteiger partial charge >= 0.3 is 0 Å². The number of nitro groups is 1. The van der Waals surface area contributed by atoms with Crippen LogP contribution >= 0.6 is 0 Å². The number of non-ortho nitro benzene ring substituents is 1. The number of sulfone groups is 1. The van der Waals surface area contributed by atoms with Crippen LogP contribution in [0.5, 0.6) is 5.75 Å². The van der Waals surface area contributed by atoms with Gasteiger partial charge in [0, 0.05) is 23.9 Å². The first kappa shape index (κ1) is 23.1. The molecule has 0 aliphatic heterocycles. The molecule has 0 aliphatic rings. The maximum atomic E-state index is 13.2. The average molecular weight is 479 g/mol. The van der Waals surface area contributed by atoms with Gasteiger partial charge in [-0.15, -0.1) is 0 Å². The summed E-state index contributed by atoms with van der Waals surface area (Å²) >= 11 is 0. The second-order valence-electron chi connectivity index (χ2n) is 7.84. The van der Waals surface area contributed by atoms with E-state index in [-0.39, 0.29) is 28.2 Å². The first-order valence-corrected chi connectivity index (χ1v) is 12.1. The molecule has 0 saturated heterocycles. The van der Waals surface area contributed by atoms with Gasteiger partial charge in [0.05, 0.1) is 32.7 Å². The molecule has 10 heteroatoms. The van der Waals surface area contributed by atoms with Gasteiger partial charge in [-0.1, -0.05) is 24.3 Å². The maximum absolute atomic E-state index is 13.2. The molecule has 0 fully saturated rings. The van der Waals surface area contributed by atoms with Crippen LogP contribution < -0.4 is 10.1 Å². The lowest BCUT2D eigenvalue weighted by molar-refractivity contribution is -0.385. The van der Waals surface area contributed by atoms with Crippen LogP contribution in [-0.4, -0.2) is 29.4 Å². The predicted molar refractivity (Wildman–Crippen MR) is 129 cm³/mol. The second kappa shape index (κ2) is 9.44. The van der Waals surface area contributed by atoms with Crippen LogP contribution in [0.15, 0.2) is 77.7 Å². The number of ether oxygens (including phenoxy) is 1. The number of hydrogen-bond donors (Lipinski definition) is 1. The number of hydrogen-bond acceptors (Lipinski definition) is 8. The number of nitrogens with zero attached hydrogens (tertiary/aromatic N) is 3. The summed E-state index contributed by atoms with van der Waals surface area (Å²) in [6.45, 7) is 3.84. The van der Waals surface area contributed by atoms with Gasteiger partial charge in [0.2, 0.25) is 0 Å². The summed E-state index contributed by atoms with van der Waals surface area (Å²) in [6.07, 6.45) is -0.00802. The highest BCUT2D eigenvalue weighted by Gasteiger charge is 2.22. The third-order valence-corrected chi connectivity index (χ3v) is 6.45. The largest absolute Gasteiger partial charge is 0.491 e. The number of fused-ring (bicyclic) bond motifs is 1. The Balaban J connectivity index is 1.74. The van der Waals surface area contributed by atoms with Crippen molar-refractivity contribution in [2.24, 2.45) is 0 Å². The highest BCUT2D eigenvalue weighted by molar-refractivity contribution is 7.90. The fraction of sp³-hybridized carbons (Fsp3) is 0.167. The zero-order valence-electron chi connectivity index (χ0n) is 18.5. The Morgan fingerprint density at radius 3 is 2.38 bits per heavy atom. The van der Waals surface area contributed by atoms with E-state index in [1.165, 1.54) is 18.2 Å². The van der Waals surface area contributed by atoms with E-state index >= 15 is 0 Å². The van der Waals surface area contributed by atoms with Gasteiger partial charge < -0.3 is 10.1 Å². The zero-order valence-corrected chi connectivity index (χ0v) is 19.3. The fourth-order valence-corrected chi connectivity index (χ4v) is 4.66. The molecule has 3 aromatic carbocycles. The molecular formula is C24H22N4O5S. The van der Waals surface area contributed by atoms with Crippen molar-refractivity contribution in [3.05, 3.63) is 88.6 Å². The van der Waals surface area contributed by atoms with Crippen molar-refractivity contribution in [3.63, 3.8) is 0 Å². The smallest absolute Gasteiger partial charge is 0.270 e.